The van der Waals surface area contributed by atoms with Crippen molar-refractivity contribution in [3.63, 3.8) is 0 Å². The zero-order chi connectivity index (χ0) is 2.71. The summed E-state index contributed by atoms with van der Waals surface area (Å²) in [5, 5.41) is 0. The summed E-state index contributed by atoms with van der Waals surface area (Å²) in [6, 6.07) is 0. The molecule has 0 aliphatic carbocycles. The fourth-order valence-corrected chi connectivity index (χ4v) is 0. The second kappa shape index (κ2) is 17.4. The van der Waals surface area contributed by atoms with Gasteiger partial charge in [0, 0.05) is 0 Å². The van der Waals surface area contributed by atoms with E-state index < -0.39 is 0 Å². The third-order valence-electron chi connectivity index (χ3n) is 0. The third kappa shape index (κ3) is 27.9. The first-order valence-corrected chi connectivity index (χ1v) is 2.96. The van der Waals surface area contributed by atoms with Crippen molar-refractivity contribution in [1.29, 1.82) is 0 Å². The molecule has 0 heterocycles. The van der Waals surface area contributed by atoms with Crippen molar-refractivity contribution in [2.75, 3.05) is 0 Å². The average molecular weight is 154 g/mol. The first-order valence-electron chi connectivity index (χ1n) is 0.239. The summed E-state index contributed by atoms with van der Waals surface area (Å²) in [6.45, 7) is 0. The minimum Gasteiger partial charge on any atom is -0.870 e. The smallest absolute Gasteiger partial charge is 0.870 e. The molecule has 0 saturated carbocycles. The van der Waals surface area contributed by atoms with Crippen molar-refractivity contribution in [2.24, 2.45) is 0 Å². The molecule has 0 saturated heterocycles. The van der Waals surface area contributed by atoms with Gasteiger partial charge in [0.25, 0.3) is 0 Å². The van der Waals surface area contributed by atoms with E-state index in [1.807, 2.05) is 0 Å². The van der Waals surface area contributed by atoms with Gasteiger partial charge in [0.15, 0.2) is 0 Å². The Hall–Kier alpha value is 1.63. The molecule has 5 heteroatoms. The van der Waals surface area contributed by atoms with Gasteiger partial charge in [0.05, 0.1) is 0 Å². The maximum Gasteiger partial charge on any atom is 1.00 e. The van der Waals surface area contributed by atoms with Gasteiger partial charge in [-0.2, -0.15) is 0 Å². The van der Waals surface area contributed by atoms with Crippen molar-refractivity contribution < 1.29 is 37.0 Å². The molecule has 0 radical (unpaired) electrons. The van der Waals surface area contributed by atoms with Gasteiger partial charge in [-0.1, -0.05) is 0 Å². The minimum atomic E-state index is 0. The van der Waals surface area contributed by atoms with Crippen molar-refractivity contribution in [1.82, 2.24) is 0 Å². The molecule has 0 aliphatic rings. The van der Waals surface area contributed by atoms with Crippen LogP contribution in [0.2, 0.25) is 0 Å². The maximum atomic E-state index is 4.70. The van der Waals surface area contributed by atoms with Crippen LogP contribution in [0.25, 0.3) is 0 Å². The van der Waals surface area contributed by atoms with E-state index in [-0.39, 0.29) is 24.3 Å². The topological polar surface area (TPSA) is 30.0 Å². The number of hydrogen-bond acceptors (Lipinski definition) is 1. The Kier molecular flexibility index (Phi) is 55.6. The quantitative estimate of drug-likeness (QED) is 0.378. The number of hydrogen-bond donors (Lipinski definition) is 0. The molecule has 32 valence electrons. The summed E-state index contributed by atoms with van der Waals surface area (Å²) >= 11 is 0.569. The van der Waals surface area contributed by atoms with Crippen LogP contribution in [0.1, 0.15) is 0 Å². The van der Waals surface area contributed by atoms with Crippen LogP contribution >= 0.6 is 20.4 Å². The molecule has 0 aromatic carbocycles. The zero-order valence-corrected chi connectivity index (χ0v) is 5.02. The number of halogens is 2. The Bertz CT molecular complexity index is 9.61. The molecule has 0 atom stereocenters. The van der Waals surface area contributed by atoms with Crippen LogP contribution in [0, 0.1) is 0 Å². The van der Waals surface area contributed by atoms with E-state index in [4.69, 9.17) is 20.4 Å². The molecule has 0 bridgehead atoms. The van der Waals surface area contributed by atoms with Gasteiger partial charge >= 0.3 is 51.9 Å². The summed E-state index contributed by atoms with van der Waals surface area (Å²) in [5.74, 6) is 0. The van der Waals surface area contributed by atoms with E-state index in [9.17, 15) is 0 Å². The molecule has 0 spiro atoms. The largest absolute Gasteiger partial charge is 1.00 e. The SMILES string of the molecule is [Cl][Ni][Cl].[Li+].[OH-]. The maximum absolute atomic E-state index is 4.70. The average Bonchev–Trinajstić information content (AvgIpc) is 0.918. The zero-order valence-electron chi connectivity index (χ0n) is 2.52. The summed E-state index contributed by atoms with van der Waals surface area (Å²) in [7, 11) is 9.40. The monoisotopic (exact) mass is 152 g/mol. The van der Waals surface area contributed by atoms with Crippen molar-refractivity contribution in [2.45, 2.75) is 0 Å². The first-order chi connectivity index (χ1) is 1.41. The van der Waals surface area contributed by atoms with Crippen LogP contribution < -0.4 is 18.9 Å². The van der Waals surface area contributed by atoms with Gasteiger partial charge < -0.3 is 5.48 Å². The molecule has 5 heavy (non-hydrogen) atoms. The van der Waals surface area contributed by atoms with E-state index in [0.29, 0.717) is 12.7 Å². The summed E-state index contributed by atoms with van der Waals surface area (Å²) in [4.78, 5) is 0. The van der Waals surface area contributed by atoms with Gasteiger partial charge in [-0.25, -0.2) is 0 Å². The van der Waals surface area contributed by atoms with Gasteiger partial charge in [-0.15, -0.1) is 0 Å². The molecular formula is HCl2LiNiO. The van der Waals surface area contributed by atoms with Gasteiger partial charge in [0.2, 0.25) is 0 Å². The molecule has 0 aliphatic heterocycles. The van der Waals surface area contributed by atoms with Gasteiger partial charge in [0.1, 0.15) is 0 Å². The van der Waals surface area contributed by atoms with Crippen LogP contribution in [0.5, 0.6) is 0 Å². The first kappa shape index (κ1) is 15.9. The van der Waals surface area contributed by atoms with Gasteiger partial charge in [-0.05, 0) is 0 Å². The predicted octanol–water partition coefficient (Wildman–Crippen LogP) is -1.80. The normalized spacial score (nSPS) is 4.40. The Balaban J connectivity index is -0.0000000200. The van der Waals surface area contributed by atoms with Crippen LogP contribution in [-0.4, -0.2) is 5.48 Å². The summed E-state index contributed by atoms with van der Waals surface area (Å²) in [5.41, 5.74) is 0. The second-order valence-electron chi connectivity index (χ2n) is 0.0452. The molecule has 0 fully saturated rings. The molecule has 0 rings (SSSR count). The molecule has 0 aromatic rings. The molecule has 0 unspecified atom stereocenters. The standard InChI is InChI=1S/2ClH.Li.Ni.H2O/h2*1H;;;1H2/q;;+1;+2;/p-3. The Morgan fingerprint density at radius 1 is 1.20 bits per heavy atom. The Labute approximate surface area is 57.2 Å². The van der Waals surface area contributed by atoms with Crippen LogP contribution in [0.15, 0.2) is 0 Å². The molecule has 0 aromatic heterocycles. The summed E-state index contributed by atoms with van der Waals surface area (Å²) < 4.78 is 0. The third-order valence-corrected chi connectivity index (χ3v) is 0. The van der Waals surface area contributed by atoms with Gasteiger partial charge in [-0.3, -0.25) is 0 Å². The fraction of sp³-hybridized carbons (Fsp3) is 0. The van der Waals surface area contributed by atoms with E-state index in [1.54, 1.807) is 0 Å². The second-order valence-corrected chi connectivity index (χ2v) is 1.68. The van der Waals surface area contributed by atoms with E-state index in [0.717, 1.165) is 0 Å². The molecule has 1 nitrogen and oxygen atoms in total. The van der Waals surface area contributed by atoms with Crippen molar-refractivity contribution in [3.8, 4) is 0 Å². The Morgan fingerprint density at radius 3 is 1.20 bits per heavy atom. The van der Waals surface area contributed by atoms with E-state index in [2.05, 4.69) is 0 Å². The Morgan fingerprint density at radius 2 is 1.20 bits per heavy atom. The molecular weight excluding hydrogens is 153 g/mol. The predicted molar refractivity (Wildman–Crippen MR) is 13.6 cm³/mol. The fourth-order valence-electron chi connectivity index (χ4n) is 0. The number of rotatable bonds is 0. The molecule has 1 N–H and O–H groups in total. The van der Waals surface area contributed by atoms with Crippen LogP contribution in [-0.2, 0) is 12.7 Å². The summed E-state index contributed by atoms with van der Waals surface area (Å²) in [6.07, 6.45) is 0. The minimum absolute atomic E-state index is 0. The van der Waals surface area contributed by atoms with E-state index >= 15 is 0 Å². The van der Waals surface area contributed by atoms with Crippen molar-refractivity contribution in [3.05, 3.63) is 0 Å². The molecule has 0 amide bonds. The van der Waals surface area contributed by atoms with Crippen LogP contribution in [0.3, 0.4) is 0 Å². The van der Waals surface area contributed by atoms with Crippen molar-refractivity contribution >= 4 is 20.4 Å². The van der Waals surface area contributed by atoms with Crippen LogP contribution in [0.4, 0.5) is 0 Å². The van der Waals surface area contributed by atoms with E-state index in [1.165, 1.54) is 0 Å².